The first-order valence-electron chi connectivity index (χ1n) is 7.18. The molecular weight excluding hydrogens is 214 g/mol. The van der Waals surface area contributed by atoms with Gasteiger partial charge in [0.25, 0.3) is 0 Å². The second-order valence-corrected chi connectivity index (χ2v) is 6.12. The first-order chi connectivity index (χ1) is 8.15. The van der Waals surface area contributed by atoms with Crippen molar-refractivity contribution in [3.05, 3.63) is 0 Å². The SMILES string of the molecule is CC(C)C1CC(NCC2CCC(O)C2)CCO1. The predicted octanol–water partition coefficient (Wildman–Crippen LogP) is 1.94. The van der Waals surface area contributed by atoms with E-state index in [1.165, 1.54) is 6.42 Å². The zero-order chi connectivity index (χ0) is 12.3. The number of hydrogen-bond acceptors (Lipinski definition) is 3. The Hall–Kier alpha value is -0.120. The third-order valence-corrected chi connectivity index (χ3v) is 4.27. The van der Waals surface area contributed by atoms with Gasteiger partial charge in [-0.15, -0.1) is 0 Å². The maximum atomic E-state index is 9.50. The van der Waals surface area contributed by atoms with Crippen molar-refractivity contribution in [3.63, 3.8) is 0 Å². The summed E-state index contributed by atoms with van der Waals surface area (Å²) in [5.41, 5.74) is 0. The van der Waals surface area contributed by atoms with E-state index in [1.54, 1.807) is 0 Å². The molecule has 0 aromatic rings. The normalized spacial score (nSPS) is 38.8. The second kappa shape index (κ2) is 6.17. The van der Waals surface area contributed by atoms with Gasteiger partial charge in [-0.25, -0.2) is 0 Å². The van der Waals surface area contributed by atoms with Gasteiger partial charge in [0.2, 0.25) is 0 Å². The van der Waals surface area contributed by atoms with Gasteiger partial charge in [0.15, 0.2) is 0 Å². The Balaban J connectivity index is 1.68. The van der Waals surface area contributed by atoms with E-state index in [2.05, 4.69) is 19.2 Å². The molecule has 3 nitrogen and oxygen atoms in total. The Morgan fingerprint density at radius 1 is 1.24 bits per heavy atom. The number of aliphatic hydroxyl groups is 1. The minimum atomic E-state index is -0.0418. The van der Waals surface area contributed by atoms with Crippen molar-refractivity contribution in [2.75, 3.05) is 13.2 Å². The lowest BCUT2D eigenvalue weighted by Crippen LogP contribution is -2.42. The standard InChI is InChI=1S/C14H27NO2/c1-10(2)14-8-12(5-6-17-14)15-9-11-3-4-13(16)7-11/h10-16H,3-9H2,1-2H3. The molecule has 17 heavy (non-hydrogen) atoms. The molecule has 0 bridgehead atoms. The highest BCUT2D eigenvalue weighted by molar-refractivity contribution is 4.82. The zero-order valence-corrected chi connectivity index (χ0v) is 11.2. The summed E-state index contributed by atoms with van der Waals surface area (Å²) in [6.45, 7) is 6.45. The maximum Gasteiger partial charge on any atom is 0.0612 e. The highest BCUT2D eigenvalue weighted by Crippen LogP contribution is 2.26. The molecule has 0 radical (unpaired) electrons. The van der Waals surface area contributed by atoms with Crippen LogP contribution in [0.25, 0.3) is 0 Å². The Labute approximate surface area is 105 Å². The van der Waals surface area contributed by atoms with Crippen LogP contribution in [0.3, 0.4) is 0 Å². The molecule has 3 heteroatoms. The van der Waals surface area contributed by atoms with Crippen LogP contribution < -0.4 is 5.32 Å². The fraction of sp³-hybridized carbons (Fsp3) is 1.00. The Bertz CT molecular complexity index is 232. The monoisotopic (exact) mass is 241 g/mol. The molecule has 1 aliphatic carbocycles. The summed E-state index contributed by atoms with van der Waals surface area (Å²) >= 11 is 0. The smallest absolute Gasteiger partial charge is 0.0612 e. The van der Waals surface area contributed by atoms with Crippen molar-refractivity contribution < 1.29 is 9.84 Å². The first-order valence-corrected chi connectivity index (χ1v) is 7.18. The third-order valence-electron chi connectivity index (χ3n) is 4.27. The van der Waals surface area contributed by atoms with Crippen molar-refractivity contribution in [2.24, 2.45) is 11.8 Å². The summed E-state index contributed by atoms with van der Waals surface area (Å²) in [4.78, 5) is 0. The largest absolute Gasteiger partial charge is 0.393 e. The van der Waals surface area contributed by atoms with E-state index in [1.807, 2.05) is 0 Å². The summed E-state index contributed by atoms with van der Waals surface area (Å²) in [6, 6.07) is 0.619. The molecule has 2 N–H and O–H groups in total. The summed E-state index contributed by atoms with van der Waals surface area (Å²) in [5, 5.41) is 13.2. The number of ether oxygens (including phenoxy) is 1. The van der Waals surface area contributed by atoms with Crippen molar-refractivity contribution in [2.45, 2.75) is 64.2 Å². The van der Waals surface area contributed by atoms with Gasteiger partial charge in [-0.2, -0.15) is 0 Å². The summed E-state index contributed by atoms with van der Waals surface area (Å²) in [5.74, 6) is 1.30. The van der Waals surface area contributed by atoms with Gasteiger partial charge in [-0.3, -0.25) is 0 Å². The van der Waals surface area contributed by atoms with E-state index >= 15 is 0 Å². The lowest BCUT2D eigenvalue weighted by atomic mass is 9.95. The highest BCUT2D eigenvalue weighted by Gasteiger charge is 2.27. The van der Waals surface area contributed by atoms with E-state index in [0.29, 0.717) is 24.0 Å². The maximum absolute atomic E-state index is 9.50. The molecule has 0 amide bonds. The molecule has 1 saturated heterocycles. The molecule has 100 valence electrons. The molecule has 0 aromatic heterocycles. The van der Waals surface area contributed by atoms with Crippen LogP contribution in [0.15, 0.2) is 0 Å². The summed E-state index contributed by atoms with van der Waals surface area (Å²) in [6.07, 6.45) is 5.84. The molecular formula is C14H27NO2. The van der Waals surface area contributed by atoms with Crippen molar-refractivity contribution >= 4 is 0 Å². The van der Waals surface area contributed by atoms with Crippen LogP contribution in [0.5, 0.6) is 0 Å². The van der Waals surface area contributed by atoms with Crippen molar-refractivity contribution in [1.29, 1.82) is 0 Å². The van der Waals surface area contributed by atoms with Crippen molar-refractivity contribution in [3.8, 4) is 0 Å². The van der Waals surface area contributed by atoms with Crippen LogP contribution >= 0.6 is 0 Å². The van der Waals surface area contributed by atoms with Gasteiger partial charge in [0.1, 0.15) is 0 Å². The summed E-state index contributed by atoms with van der Waals surface area (Å²) in [7, 11) is 0. The zero-order valence-electron chi connectivity index (χ0n) is 11.2. The molecule has 1 aliphatic heterocycles. The third kappa shape index (κ3) is 3.94. The number of rotatable bonds is 4. The van der Waals surface area contributed by atoms with Gasteiger partial charge >= 0.3 is 0 Å². The Morgan fingerprint density at radius 3 is 2.71 bits per heavy atom. The first kappa shape index (κ1) is 13.3. The van der Waals surface area contributed by atoms with Crippen LogP contribution in [-0.2, 0) is 4.74 Å². The molecule has 4 unspecified atom stereocenters. The van der Waals surface area contributed by atoms with E-state index in [9.17, 15) is 5.11 Å². The molecule has 1 saturated carbocycles. The van der Waals surface area contributed by atoms with E-state index < -0.39 is 0 Å². The Kier molecular flexibility index (Phi) is 4.83. The minimum Gasteiger partial charge on any atom is -0.393 e. The van der Waals surface area contributed by atoms with Crippen LogP contribution in [0.1, 0.15) is 46.0 Å². The minimum absolute atomic E-state index is 0.0418. The lowest BCUT2D eigenvalue weighted by Gasteiger charge is -2.33. The fourth-order valence-corrected chi connectivity index (χ4v) is 3.05. The molecule has 2 fully saturated rings. The van der Waals surface area contributed by atoms with Gasteiger partial charge < -0.3 is 15.2 Å². The summed E-state index contributed by atoms with van der Waals surface area (Å²) < 4.78 is 5.78. The quantitative estimate of drug-likeness (QED) is 0.790. The van der Waals surface area contributed by atoms with E-state index in [4.69, 9.17) is 4.74 Å². The van der Waals surface area contributed by atoms with Crippen molar-refractivity contribution in [1.82, 2.24) is 5.32 Å². The number of aliphatic hydroxyl groups excluding tert-OH is 1. The molecule has 0 spiro atoms. The molecule has 0 aromatic carbocycles. The van der Waals surface area contributed by atoms with Gasteiger partial charge in [0, 0.05) is 12.6 Å². The lowest BCUT2D eigenvalue weighted by molar-refractivity contribution is -0.0247. The molecule has 2 aliphatic rings. The molecule has 1 heterocycles. The topological polar surface area (TPSA) is 41.5 Å². The average molecular weight is 241 g/mol. The van der Waals surface area contributed by atoms with Gasteiger partial charge in [-0.05, 0) is 50.5 Å². The molecule has 2 rings (SSSR count). The van der Waals surface area contributed by atoms with Crippen LogP contribution in [0, 0.1) is 11.8 Å². The number of nitrogens with one attached hydrogen (secondary N) is 1. The van der Waals surface area contributed by atoms with E-state index in [-0.39, 0.29) is 6.10 Å². The average Bonchev–Trinajstić information content (AvgIpc) is 2.73. The van der Waals surface area contributed by atoms with Gasteiger partial charge in [-0.1, -0.05) is 13.8 Å². The Morgan fingerprint density at radius 2 is 2.06 bits per heavy atom. The van der Waals surface area contributed by atoms with Crippen LogP contribution in [-0.4, -0.2) is 36.5 Å². The second-order valence-electron chi connectivity index (χ2n) is 6.12. The number of hydrogen-bond donors (Lipinski definition) is 2. The van der Waals surface area contributed by atoms with Crippen LogP contribution in [0.2, 0.25) is 0 Å². The highest BCUT2D eigenvalue weighted by atomic mass is 16.5. The van der Waals surface area contributed by atoms with Crippen LogP contribution in [0.4, 0.5) is 0 Å². The predicted molar refractivity (Wildman–Crippen MR) is 69.0 cm³/mol. The van der Waals surface area contributed by atoms with Gasteiger partial charge in [0.05, 0.1) is 12.2 Å². The fourth-order valence-electron chi connectivity index (χ4n) is 3.05. The molecule has 4 atom stereocenters. The van der Waals surface area contributed by atoms with E-state index in [0.717, 1.165) is 38.8 Å².